The van der Waals surface area contributed by atoms with Crippen LogP contribution in [-0.2, 0) is 0 Å². The van der Waals surface area contributed by atoms with Crippen LogP contribution in [-0.4, -0.2) is 22.8 Å². The molecule has 0 unspecified atom stereocenters. The van der Waals surface area contributed by atoms with E-state index in [-0.39, 0.29) is 11.4 Å². The maximum absolute atomic E-state index is 11.1. The maximum Gasteiger partial charge on any atom is 0.254 e. The Labute approximate surface area is 104 Å². The number of hydrogen-bond donors (Lipinski definition) is 2. The molecule has 6 nitrogen and oxygen atoms in total. The van der Waals surface area contributed by atoms with Gasteiger partial charge in [-0.25, -0.2) is 4.68 Å². The first-order valence-corrected chi connectivity index (χ1v) is 5.33. The second-order valence-corrected chi connectivity index (χ2v) is 3.87. The molecule has 0 bridgehead atoms. The van der Waals surface area contributed by atoms with Gasteiger partial charge in [-0.1, -0.05) is 0 Å². The molecule has 6 heteroatoms. The number of primary amides is 1. The molecule has 1 aromatic heterocycles. The molecule has 1 amide bonds. The summed E-state index contributed by atoms with van der Waals surface area (Å²) in [7, 11) is 1.60. The predicted octanol–water partition coefficient (Wildman–Crippen LogP) is 0.870. The summed E-state index contributed by atoms with van der Waals surface area (Å²) in [6, 6.07) is 5.48. The van der Waals surface area contributed by atoms with E-state index in [0.717, 1.165) is 17.0 Å². The minimum absolute atomic E-state index is 0.213. The highest BCUT2D eigenvalue weighted by atomic mass is 16.5. The van der Waals surface area contributed by atoms with Gasteiger partial charge in [-0.15, -0.1) is 0 Å². The number of carbonyl (C=O) groups is 1. The summed E-state index contributed by atoms with van der Waals surface area (Å²) < 4.78 is 6.61. The first-order valence-electron chi connectivity index (χ1n) is 5.33. The molecule has 2 rings (SSSR count). The third-order valence-electron chi connectivity index (χ3n) is 2.70. The monoisotopic (exact) mass is 246 g/mol. The van der Waals surface area contributed by atoms with Gasteiger partial charge in [-0.3, -0.25) is 4.79 Å². The summed E-state index contributed by atoms with van der Waals surface area (Å²) in [4.78, 5) is 11.1. The number of nitrogens with zero attached hydrogens (tertiary/aromatic N) is 2. The van der Waals surface area contributed by atoms with Crippen LogP contribution in [0.1, 0.15) is 15.9 Å². The fourth-order valence-corrected chi connectivity index (χ4v) is 1.73. The highest BCUT2D eigenvalue weighted by Crippen LogP contribution is 2.23. The lowest BCUT2D eigenvalue weighted by molar-refractivity contribution is 0.100. The number of aryl methyl sites for hydroxylation is 1. The van der Waals surface area contributed by atoms with Crippen LogP contribution in [0, 0.1) is 6.92 Å². The molecule has 0 aliphatic heterocycles. The normalized spacial score (nSPS) is 10.3. The average Bonchev–Trinajstić information content (AvgIpc) is 2.71. The molecule has 2 aromatic rings. The minimum Gasteiger partial charge on any atom is -0.497 e. The molecule has 94 valence electrons. The van der Waals surface area contributed by atoms with Gasteiger partial charge in [0.05, 0.1) is 19.0 Å². The number of nitrogen functional groups attached to an aromatic ring is 1. The van der Waals surface area contributed by atoms with Gasteiger partial charge in [0.25, 0.3) is 5.91 Å². The Morgan fingerprint density at radius 2 is 2.17 bits per heavy atom. The van der Waals surface area contributed by atoms with Crippen molar-refractivity contribution in [1.82, 2.24) is 9.78 Å². The molecular weight excluding hydrogens is 232 g/mol. The summed E-state index contributed by atoms with van der Waals surface area (Å²) in [5.41, 5.74) is 13.0. The van der Waals surface area contributed by atoms with E-state index in [1.54, 1.807) is 13.2 Å². The molecule has 18 heavy (non-hydrogen) atoms. The lowest BCUT2D eigenvalue weighted by Gasteiger charge is -2.09. The quantitative estimate of drug-likeness (QED) is 0.839. The molecule has 0 fully saturated rings. The van der Waals surface area contributed by atoms with E-state index >= 15 is 0 Å². The second kappa shape index (κ2) is 4.40. The fourth-order valence-electron chi connectivity index (χ4n) is 1.73. The summed E-state index contributed by atoms with van der Waals surface area (Å²) >= 11 is 0. The first kappa shape index (κ1) is 12.0. The number of nitrogens with two attached hydrogens (primary N) is 2. The molecule has 1 heterocycles. The number of amides is 1. The highest BCUT2D eigenvalue weighted by molar-refractivity contribution is 5.97. The summed E-state index contributed by atoms with van der Waals surface area (Å²) in [6.07, 6.45) is 1.36. The van der Waals surface area contributed by atoms with E-state index in [2.05, 4.69) is 5.10 Å². The van der Waals surface area contributed by atoms with Crippen molar-refractivity contribution in [3.05, 3.63) is 35.5 Å². The van der Waals surface area contributed by atoms with E-state index in [9.17, 15) is 4.79 Å². The van der Waals surface area contributed by atoms with Crippen molar-refractivity contribution < 1.29 is 9.53 Å². The summed E-state index contributed by atoms with van der Waals surface area (Å²) in [6.45, 7) is 1.91. The molecule has 0 spiro atoms. The number of benzene rings is 1. The van der Waals surface area contributed by atoms with Crippen molar-refractivity contribution in [2.45, 2.75) is 6.92 Å². The SMILES string of the molecule is COc1ccc(-n2ncc(C(N)=O)c2N)c(C)c1. The van der Waals surface area contributed by atoms with Crippen molar-refractivity contribution in [3.8, 4) is 11.4 Å². The van der Waals surface area contributed by atoms with Gasteiger partial charge < -0.3 is 16.2 Å². The maximum atomic E-state index is 11.1. The Balaban J connectivity index is 2.52. The van der Waals surface area contributed by atoms with Crippen LogP contribution in [0.15, 0.2) is 24.4 Å². The lowest BCUT2D eigenvalue weighted by atomic mass is 10.2. The zero-order chi connectivity index (χ0) is 13.3. The molecule has 0 aliphatic carbocycles. The van der Waals surface area contributed by atoms with E-state index < -0.39 is 5.91 Å². The largest absolute Gasteiger partial charge is 0.497 e. The van der Waals surface area contributed by atoms with Gasteiger partial charge in [0.2, 0.25) is 0 Å². The predicted molar refractivity (Wildman–Crippen MR) is 67.8 cm³/mol. The van der Waals surface area contributed by atoms with Crippen LogP contribution in [0.3, 0.4) is 0 Å². The zero-order valence-corrected chi connectivity index (χ0v) is 10.2. The number of methoxy groups -OCH3 is 1. The topological polar surface area (TPSA) is 96.2 Å². The molecule has 4 N–H and O–H groups in total. The molecular formula is C12H14N4O2. The number of aromatic nitrogens is 2. The van der Waals surface area contributed by atoms with E-state index in [1.165, 1.54) is 10.9 Å². The number of carbonyl (C=O) groups excluding carboxylic acids is 1. The Hall–Kier alpha value is -2.50. The number of hydrogen-bond acceptors (Lipinski definition) is 4. The standard InChI is InChI=1S/C12H14N4O2/c1-7-5-8(18-2)3-4-10(7)16-11(13)9(6-15-16)12(14)17/h3-6H,13H2,1-2H3,(H2,14,17). The Kier molecular flexibility index (Phi) is 2.93. The Morgan fingerprint density at radius 3 is 2.67 bits per heavy atom. The third kappa shape index (κ3) is 1.88. The van der Waals surface area contributed by atoms with E-state index in [4.69, 9.17) is 16.2 Å². The van der Waals surface area contributed by atoms with Crippen LogP contribution in [0.2, 0.25) is 0 Å². The van der Waals surface area contributed by atoms with Gasteiger partial charge in [-0.05, 0) is 30.7 Å². The molecule has 0 atom stereocenters. The van der Waals surface area contributed by atoms with Crippen LogP contribution in [0.4, 0.5) is 5.82 Å². The van der Waals surface area contributed by atoms with Crippen molar-refractivity contribution in [2.24, 2.45) is 5.73 Å². The van der Waals surface area contributed by atoms with Crippen LogP contribution >= 0.6 is 0 Å². The average molecular weight is 246 g/mol. The first-order chi connectivity index (χ1) is 8.54. The molecule has 0 aliphatic rings. The van der Waals surface area contributed by atoms with Crippen molar-refractivity contribution in [3.63, 3.8) is 0 Å². The number of anilines is 1. The highest BCUT2D eigenvalue weighted by Gasteiger charge is 2.14. The molecule has 0 radical (unpaired) electrons. The summed E-state index contributed by atoms with van der Waals surface area (Å²) in [5, 5.41) is 4.07. The minimum atomic E-state index is -0.593. The van der Waals surface area contributed by atoms with Crippen LogP contribution in [0.25, 0.3) is 5.69 Å². The van der Waals surface area contributed by atoms with Gasteiger partial charge in [-0.2, -0.15) is 5.10 Å². The van der Waals surface area contributed by atoms with Gasteiger partial charge in [0.1, 0.15) is 17.1 Å². The Bertz CT molecular complexity index is 604. The smallest absolute Gasteiger partial charge is 0.254 e. The van der Waals surface area contributed by atoms with Gasteiger partial charge in [0, 0.05) is 0 Å². The van der Waals surface area contributed by atoms with Gasteiger partial charge >= 0.3 is 0 Å². The molecule has 0 saturated heterocycles. The van der Waals surface area contributed by atoms with Gasteiger partial charge in [0.15, 0.2) is 0 Å². The van der Waals surface area contributed by atoms with Crippen molar-refractivity contribution in [2.75, 3.05) is 12.8 Å². The zero-order valence-electron chi connectivity index (χ0n) is 10.2. The van der Waals surface area contributed by atoms with Crippen LogP contribution in [0.5, 0.6) is 5.75 Å². The fraction of sp³-hybridized carbons (Fsp3) is 0.167. The summed E-state index contributed by atoms with van der Waals surface area (Å²) in [5.74, 6) is 0.387. The number of ether oxygens (including phenoxy) is 1. The second-order valence-electron chi connectivity index (χ2n) is 3.87. The van der Waals surface area contributed by atoms with E-state index in [0.29, 0.717) is 0 Å². The van der Waals surface area contributed by atoms with E-state index in [1.807, 2.05) is 19.1 Å². The van der Waals surface area contributed by atoms with Crippen molar-refractivity contribution in [1.29, 1.82) is 0 Å². The Morgan fingerprint density at radius 1 is 1.44 bits per heavy atom. The number of rotatable bonds is 3. The van der Waals surface area contributed by atoms with Crippen LogP contribution < -0.4 is 16.2 Å². The molecule has 1 aromatic carbocycles. The lowest BCUT2D eigenvalue weighted by Crippen LogP contribution is -2.13. The third-order valence-corrected chi connectivity index (χ3v) is 2.70. The molecule has 0 saturated carbocycles. The van der Waals surface area contributed by atoms with Crippen molar-refractivity contribution >= 4 is 11.7 Å².